The van der Waals surface area contributed by atoms with Crippen molar-refractivity contribution < 1.29 is 13.6 Å². The quantitative estimate of drug-likeness (QED) is 0.367. The molecule has 1 unspecified atom stereocenters. The van der Waals surface area contributed by atoms with Crippen molar-refractivity contribution in [1.29, 1.82) is 0 Å². The Morgan fingerprint density at radius 3 is 2.95 bits per heavy atom. The van der Waals surface area contributed by atoms with Crippen LogP contribution in [0.25, 0.3) is 26.8 Å². The van der Waals surface area contributed by atoms with Gasteiger partial charge >= 0.3 is 0 Å². The van der Waals surface area contributed by atoms with Crippen LogP contribution in [0.3, 0.4) is 0 Å². The van der Waals surface area contributed by atoms with Crippen molar-refractivity contribution in [2.75, 3.05) is 24.5 Å². The van der Waals surface area contributed by atoms with Crippen molar-refractivity contribution in [2.45, 2.75) is 19.5 Å². The summed E-state index contributed by atoms with van der Waals surface area (Å²) < 4.78 is 30.4. The molecule has 37 heavy (non-hydrogen) atoms. The summed E-state index contributed by atoms with van der Waals surface area (Å²) in [4.78, 5) is 28.0. The van der Waals surface area contributed by atoms with Crippen LogP contribution in [0.2, 0.25) is 0 Å². The van der Waals surface area contributed by atoms with Crippen LogP contribution in [-0.2, 0) is 11.3 Å². The number of nitrogens with zero attached hydrogens (tertiary/aromatic N) is 6. The molecule has 9 nitrogen and oxygen atoms in total. The third-order valence-electron chi connectivity index (χ3n) is 6.42. The average Bonchev–Trinajstić information content (AvgIpc) is 3.52. The summed E-state index contributed by atoms with van der Waals surface area (Å²) in [6.07, 6.45) is 4.83. The minimum Gasteiger partial charge on any atom is -0.353 e. The number of carbonyl (C=O) groups is 1. The molecule has 0 spiro atoms. The molecule has 1 fully saturated rings. The van der Waals surface area contributed by atoms with E-state index < -0.39 is 6.04 Å². The van der Waals surface area contributed by atoms with Crippen LogP contribution < -0.4 is 15.5 Å². The molecule has 0 saturated carbocycles. The molecule has 1 saturated heterocycles. The van der Waals surface area contributed by atoms with Gasteiger partial charge in [0.1, 0.15) is 29.8 Å². The predicted octanol–water partition coefficient (Wildman–Crippen LogP) is 3.11. The summed E-state index contributed by atoms with van der Waals surface area (Å²) in [6, 6.07) is 6.10. The van der Waals surface area contributed by atoms with Crippen LogP contribution in [0, 0.1) is 18.6 Å². The molecular weight excluding hydrogens is 498 g/mol. The van der Waals surface area contributed by atoms with Gasteiger partial charge in [-0.1, -0.05) is 6.07 Å². The zero-order valence-electron chi connectivity index (χ0n) is 19.8. The second kappa shape index (κ2) is 9.45. The molecule has 188 valence electrons. The SMILES string of the molecule is Cc1ccc(-n2cc3c(N4CCNC(C(=O)NCc5cc6c(F)csc6cn5)C4)ncnc3n2)cc1F. The summed E-state index contributed by atoms with van der Waals surface area (Å²) in [6.45, 7) is 3.49. The second-order valence-corrected chi connectivity index (χ2v) is 9.78. The number of benzene rings is 1. The first-order valence-electron chi connectivity index (χ1n) is 11.7. The van der Waals surface area contributed by atoms with Crippen molar-refractivity contribution in [3.05, 3.63) is 71.3 Å². The van der Waals surface area contributed by atoms with Crippen molar-refractivity contribution in [1.82, 2.24) is 35.4 Å². The summed E-state index contributed by atoms with van der Waals surface area (Å²) in [7, 11) is 0. The van der Waals surface area contributed by atoms with Crippen LogP contribution in [0.15, 0.2) is 48.4 Å². The highest BCUT2D eigenvalue weighted by atomic mass is 32.1. The summed E-state index contributed by atoms with van der Waals surface area (Å²) in [5, 5.41) is 13.3. The van der Waals surface area contributed by atoms with Crippen LogP contribution >= 0.6 is 11.3 Å². The number of aromatic nitrogens is 5. The van der Waals surface area contributed by atoms with Gasteiger partial charge in [0.2, 0.25) is 5.91 Å². The molecule has 1 aromatic carbocycles. The molecule has 4 aromatic heterocycles. The molecule has 0 aliphatic carbocycles. The lowest BCUT2D eigenvalue weighted by Crippen LogP contribution is -2.57. The molecule has 1 aliphatic rings. The van der Waals surface area contributed by atoms with Crippen molar-refractivity contribution in [2.24, 2.45) is 0 Å². The molecule has 5 aromatic rings. The normalized spacial score (nSPS) is 16.0. The molecule has 5 heterocycles. The van der Waals surface area contributed by atoms with E-state index in [9.17, 15) is 13.6 Å². The third-order valence-corrected chi connectivity index (χ3v) is 7.33. The monoisotopic (exact) mass is 520 g/mol. The number of thiophene rings is 1. The lowest BCUT2D eigenvalue weighted by atomic mass is 10.1. The van der Waals surface area contributed by atoms with E-state index in [2.05, 4.69) is 30.7 Å². The highest BCUT2D eigenvalue weighted by molar-refractivity contribution is 7.17. The van der Waals surface area contributed by atoms with Crippen molar-refractivity contribution in [3.63, 3.8) is 0 Å². The van der Waals surface area contributed by atoms with Gasteiger partial charge in [-0.25, -0.2) is 23.4 Å². The fourth-order valence-corrected chi connectivity index (χ4v) is 5.15. The number of halogens is 2. The number of pyridine rings is 1. The first-order valence-corrected chi connectivity index (χ1v) is 12.6. The third kappa shape index (κ3) is 4.49. The van der Waals surface area contributed by atoms with E-state index in [1.165, 1.54) is 29.1 Å². The highest BCUT2D eigenvalue weighted by Crippen LogP contribution is 2.26. The number of carbonyl (C=O) groups excluding carboxylic acids is 1. The van der Waals surface area contributed by atoms with E-state index in [4.69, 9.17) is 0 Å². The summed E-state index contributed by atoms with van der Waals surface area (Å²) >= 11 is 1.30. The largest absolute Gasteiger partial charge is 0.353 e. The van der Waals surface area contributed by atoms with Crippen LogP contribution in [0.1, 0.15) is 11.3 Å². The number of hydrogen-bond acceptors (Lipinski definition) is 8. The smallest absolute Gasteiger partial charge is 0.239 e. The number of hydrogen-bond donors (Lipinski definition) is 2. The maximum atomic E-state index is 14.1. The summed E-state index contributed by atoms with van der Waals surface area (Å²) in [5.74, 6) is -0.127. The first-order chi connectivity index (χ1) is 18.0. The topological polar surface area (TPSA) is 101 Å². The molecule has 0 radical (unpaired) electrons. The lowest BCUT2D eigenvalue weighted by molar-refractivity contribution is -0.123. The van der Waals surface area contributed by atoms with Crippen molar-refractivity contribution in [3.8, 4) is 5.69 Å². The number of fused-ring (bicyclic) bond motifs is 2. The molecule has 2 N–H and O–H groups in total. The lowest BCUT2D eigenvalue weighted by Gasteiger charge is -2.33. The maximum Gasteiger partial charge on any atom is 0.239 e. The van der Waals surface area contributed by atoms with Gasteiger partial charge in [0, 0.05) is 42.8 Å². The predicted molar refractivity (Wildman–Crippen MR) is 137 cm³/mol. The second-order valence-electron chi connectivity index (χ2n) is 8.87. The van der Waals surface area contributed by atoms with E-state index >= 15 is 0 Å². The van der Waals surface area contributed by atoms with Crippen LogP contribution in [0.4, 0.5) is 14.6 Å². The number of nitrogens with one attached hydrogen (secondary N) is 2. The molecule has 1 atom stereocenters. The molecule has 12 heteroatoms. The Labute approximate surface area is 214 Å². The van der Waals surface area contributed by atoms with Gasteiger partial charge < -0.3 is 15.5 Å². The standard InChI is InChI=1S/C25H22F2N8OS/c1-14-2-3-16(7-19(14)26)35-10-18-23(33-35)31-13-32-24(18)34-5-4-28-21(11-34)25(36)30-8-15-6-17-20(27)12-37-22(17)9-29-15/h2-3,6-7,9-10,12-13,21,28H,4-5,8,11H2,1H3,(H,30,36). The van der Waals surface area contributed by atoms with E-state index in [1.54, 1.807) is 42.2 Å². The maximum absolute atomic E-state index is 14.1. The fraction of sp³-hybridized carbons (Fsp3) is 0.240. The van der Waals surface area contributed by atoms with E-state index in [-0.39, 0.29) is 24.1 Å². The molecule has 1 amide bonds. The molecular formula is C25H22F2N8OS. The van der Waals surface area contributed by atoms with Gasteiger partial charge in [-0.2, -0.15) is 0 Å². The van der Waals surface area contributed by atoms with Crippen molar-refractivity contribution >= 4 is 44.2 Å². The van der Waals surface area contributed by atoms with E-state index in [0.717, 1.165) is 4.70 Å². The van der Waals surface area contributed by atoms with Gasteiger partial charge in [-0.3, -0.25) is 9.78 Å². The Morgan fingerprint density at radius 2 is 2.08 bits per heavy atom. The van der Waals surface area contributed by atoms with E-state index in [1.807, 2.05) is 4.90 Å². The van der Waals surface area contributed by atoms with Crippen LogP contribution in [-0.4, -0.2) is 56.3 Å². The van der Waals surface area contributed by atoms with E-state index in [0.29, 0.717) is 58.8 Å². The summed E-state index contributed by atoms with van der Waals surface area (Å²) in [5.41, 5.74) is 2.20. The molecule has 0 bridgehead atoms. The Morgan fingerprint density at radius 1 is 1.19 bits per heavy atom. The minimum absolute atomic E-state index is 0.187. The first kappa shape index (κ1) is 23.4. The Balaban J connectivity index is 1.18. The zero-order chi connectivity index (χ0) is 25.5. The number of rotatable bonds is 5. The highest BCUT2D eigenvalue weighted by Gasteiger charge is 2.27. The molecule has 1 aliphatic heterocycles. The fourth-order valence-electron chi connectivity index (χ4n) is 4.40. The average molecular weight is 521 g/mol. The van der Waals surface area contributed by atoms with Gasteiger partial charge in [0.05, 0.1) is 28.0 Å². The Kier molecular flexibility index (Phi) is 5.97. The van der Waals surface area contributed by atoms with Gasteiger partial charge in [-0.15, -0.1) is 16.4 Å². The van der Waals surface area contributed by atoms with Gasteiger partial charge in [-0.05, 0) is 30.7 Å². The number of anilines is 1. The molecule has 6 rings (SSSR count). The Hall–Kier alpha value is -4.03. The van der Waals surface area contributed by atoms with Gasteiger partial charge in [0.15, 0.2) is 5.65 Å². The van der Waals surface area contributed by atoms with Crippen LogP contribution in [0.5, 0.6) is 0 Å². The Bertz CT molecular complexity index is 1630. The number of piperazine rings is 1. The number of aryl methyl sites for hydroxylation is 1. The van der Waals surface area contributed by atoms with Gasteiger partial charge in [0.25, 0.3) is 0 Å². The minimum atomic E-state index is -0.485. The zero-order valence-corrected chi connectivity index (χ0v) is 20.6. The number of amides is 1.